The lowest BCUT2D eigenvalue weighted by atomic mass is 10.1. The predicted octanol–water partition coefficient (Wildman–Crippen LogP) is 3.58. The van der Waals surface area contributed by atoms with Crippen LogP contribution in [0.1, 0.15) is 36.8 Å². The third kappa shape index (κ3) is 8.68. The molecule has 0 saturated carbocycles. The Labute approximate surface area is 165 Å². The number of rotatable bonds is 11. The van der Waals surface area contributed by atoms with Crippen molar-refractivity contribution in [2.24, 2.45) is 0 Å². The van der Waals surface area contributed by atoms with E-state index in [9.17, 15) is 14.7 Å². The quantitative estimate of drug-likeness (QED) is 0.456. The molecule has 150 valence electrons. The average molecular weight is 385 g/mol. The average Bonchev–Trinajstić information content (AvgIpc) is 2.74. The summed E-state index contributed by atoms with van der Waals surface area (Å²) in [6.45, 7) is 0.887. The van der Waals surface area contributed by atoms with Crippen molar-refractivity contribution in [1.29, 1.82) is 0 Å². The molecule has 0 aliphatic heterocycles. The van der Waals surface area contributed by atoms with Gasteiger partial charge in [0.05, 0.1) is 0 Å². The van der Waals surface area contributed by atoms with Crippen molar-refractivity contribution in [3.05, 3.63) is 71.8 Å². The molecule has 0 aliphatic carbocycles. The predicted molar refractivity (Wildman–Crippen MR) is 105 cm³/mol. The molecule has 0 radical (unpaired) electrons. The highest BCUT2D eigenvalue weighted by Crippen LogP contribution is 2.07. The molecule has 2 rings (SSSR count). The molecule has 6 heteroatoms. The van der Waals surface area contributed by atoms with Gasteiger partial charge in [-0.15, -0.1) is 0 Å². The van der Waals surface area contributed by atoms with E-state index in [4.69, 9.17) is 9.47 Å². The summed E-state index contributed by atoms with van der Waals surface area (Å²) in [5, 5.41) is 12.5. The van der Waals surface area contributed by atoms with E-state index in [-0.39, 0.29) is 13.2 Å². The lowest BCUT2D eigenvalue weighted by Crippen LogP contribution is -2.25. The van der Waals surface area contributed by atoms with Crippen molar-refractivity contribution < 1.29 is 24.2 Å². The van der Waals surface area contributed by atoms with Gasteiger partial charge in [0.15, 0.2) is 6.10 Å². The minimum atomic E-state index is -1.12. The van der Waals surface area contributed by atoms with Crippen LogP contribution >= 0.6 is 0 Å². The van der Waals surface area contributed by atoms with Gasteiger partial charge in [-0.1, -0.05) is 73.5 Å². The molecule has 0 bridgehead atoms. The molecular formula is C22H27NO5. The lowest BCUT2D eigenvalue weighted by Gasteiger charge is -2.11. The van der Waals surface area contributed by atoms with Gasteiger partial charge in [0.25, 0.3) is 0 Å². The normalized spacial score (nSPS) is 11.5. The molecule has 2 N–H and O–H groups in total. The van der Waals surface area contributed by atoms with E-state index in [2.05, 4.69) is 5.32 Å². The van der Waals surface area contributed by atoms with E-state index < -0.39 is 18.2 Å². The molecule has 0 aliphatic rings. The van der Waals surface area contributed by atoms with Gasteiger partial charge in [0.2, 0.25) is 0 Å². The second-order valence-electron chi connectivity index (χ2n) is 6.45. The van der Waals surface area contributed by atoms with Crippen LogP contribution in [0.3, 0.4) is 0 Å². The summed E-state index contributed by atoms with van der Waals surface area (Å²) in [6.07, 6.45) is 0.962. The number of amides is 1. The summed E-state index contributed by atoms with van der Waals surface area (Å²) < 4.78 is 10.2. The van der Waals surface area contributed by atoms with Crippen LogP contribution in [0.5, 0.6) is 0 Å². The zero-order chi connectivity index (χ0) is 20.0. The van der Waals surface area contributed by atoms with E-state index in [1.165, 1.54) is 0 Å². The van der Waals surface area contributed by atoms with Crippen molar-refractivity contribution in [1.82, 2.24) is 5.32 Å². The monoisotopic (exact) mass is 385 g/mol. The van der Waals surface area contributed by atoms with Gasteiger partial charge in [0, 0.05) is 6.54 Å². The van der Waals surface area contributed by atoms with Crippen molar-refractivity contribution in [2.45, 2.75) is 45.0 Å². The number of aliphatic hydroxyl groups is 1. The van der Waals surface area contributed by atoms with E-state index in [1.807, 2.05) is 60.7 Å². The van der Waals surface area contributed by atoms with Crippen molar-refractivity contribution in [3.63, 3.8) is 0 Å². The summed E-state index contributed by atoms with van der Waals surface area (Å²) in [5.41, 5.74) is 1.82. The molecule has 0 unspecified atom stereocenters. The van der Waals surface area contributed by atoms with Gasteiger partial charge < -0.3 is 19.9 Å². The first-order valence-electron chi connectivity index (χ1n) is 9.48. The molecular weight excluding hydrogens is 358 g/mol. The highest BCUT2D eigenvalue weighted by atomic mass is 16.6. The van der Waals surface area contributed by atoms with Gasteiger partial charge in [-0.05, 0) is 24.0 Å². The molecule has 2 aromatic carbocycles. The molecule has 0 aromatic heterocycles. The standard InChI is InChI=1S/C22H27NO5/c24-20(21(25)27-16-18-10-4-1-5-11-18)14-8-3-9-15-23-22(26)28-17-19-12-6-2-7-13-19/h1-2,4-7,10-13,20,24H,3,8-9,14-17H2,(H,23,26)/t20-/m0/s1. The number of esters is 1. The number of nitrogens with one attached hydrogen (secondary N) is 1. The Hall–Kier alpha value is -2.86. The smallest absolute Gasteiger partial charge is 0.407 e. The van der Waals surface area contributed by atoms with Gasteiger partial charge >= 0.3 is 12.1 Å². The number of carbonyl (C=O) groups is 2. The number of unbranched alkanes of at least 4 members (excludes halogenated alkanes) is 2. The Morgan fingerprint density at radius 1 is 0.821 bits per heavy atom. The Bertz CT molecular complexity index is 705. The fraction of sp³-hybridized carbons (Fsp3) is 0.364. The van der Waals surface area contributed by atoms with Crippen molar-refractivity contribution in [3.8, 4) is 0 Å². The molecule has 1 atom stereocenters. The van der Waals surface area contributed by atoms with E-state index >= 15 is 0 Å². The van der Waals surface area contributed by atoms with Crippen molar-refractivity contribution >= 4 is 12.1 Å². The molecule has 0 saturated heterocycles. The zero-order valence-electron chi connectivity index (χ0n) is 15.9. The maximum Gasteiger partial charge on any atom is 0.407 e. The molecule has 1 amide bonds. The maximum absolute atomic E-state index is 11.8. The first-order valence-corrected chi connectivity index (χ1v) is 9.48. The number of aliphatic hydroxyl groups excluding tert-OH is 1. The largest absolute Gasteiger partial charge is 0.459 e. The molecule has 0 spiro atoms. The number of hydrogen-bond acceptors (Lipinski definition) is 5. The highest BCUT2D eigenvalue weighted by molar-refractivity contribution is 5.74. The minimum Gasteiger partial charge on any atom is -0.459 e. The number of hydrogen-bond donors (Lipinski definition) is 2. The zero-order valence-corrected chi connectivity index (χ0v) is 15.9. The summed E-state index contributed by atoms with van der Waals surface area (Å²) >= 11 is 0. The summed E-state index contributed by atoms with van der Waals surface area (Å²) in [6, 6.07) is 18.8. The van der Waals surface area contributed by atoms with Crippen LogP contribution in [0.4, 0.5) is 4.79 Å². The molecule has 0 heterocycles. The molecule has 28 heavy (non-hydrogen) atoms. The Kier molecular flexibility index (Phi) is 9.58. The Balaban J connectivity index is 1.47. The second-order valence-corrected chi connectivity index (χ2v) is 6.45. The fourth-order valence-corrected chi connectivity index (χ4v) is 2.55. The van der Waals surface area contributed by atoms with Gasteiger partial charge in [0.1, 0.15) is 13.2 Å². The second kappa shape index (κ2) is 12.5. The lowest BCUT2D eigenvalue weighted by molar-refractivity contribution is -0.155. The Morgan fingerprint density at radius 3 is 2.00 bits per heavy atom. The van der Waals surface area contributed by atoms with Crippen LogP contribution in [0, 0.1) is 0 Å². The van der Waals surface area contributed by atoms with Gasteiger partial charge in [-0.25, -0.2) is 9.59 Å². The molecule has 0 fully saturated rings. The number of alkyl carbamates (subject to hydrolysis) is 1. The summed E-state index contributed by atoms with van der Waals surface area (Å²) in [7, 11) is 0. The number of ether oxygens (including phenoxy) is 2. The van der Waals surface area contributed by atoms with Crippen LogP contribution in [0.15, 0.2) is 60.7 Å². The van der Waals surface area contributed by atoms with Crippen LogP contribution in [0.2, 0.25) is 0 Å². The van der Waals surface area contributed by atoms with Crippen LogP contribution in [-0.2, 0) is 27.5 Å². The third-order valence-corrected chi connectivity index (χ3v) is 4.13. The van der Waals surface area contributed by atoms with E-state index in [0.717, 1.165) is 24.0 Å². The fourth-order valence-electron chi connectivity index (χ4n) is 2.55. The Morgan fingerprint density at radius 2 is 1.39 bits per heavy atom. The van der Waals surface area contributed by atoms with Crippen molar-refractivity contribution in [2.75, 3.05) is 6.54 Å². The highest BCUT2D eigenvalue weighted by Gasteiger charge is 2.16. The third-order valence-electron chi connectivity index (χ3n) is 4.13. The maximum atomic E-state index is 11.8. The number of carbonyl (C=O) groups excluding carboxylic acids is 2. The minimum absolute atomic E-state index is 0.158. The van der Waals surface area contributed by atoms with E-state index in [1.54, 1.807) is 0 Å². The number of benzene rings is 2. The first kappa shape index (κ1) is 21.4. The van der Waals surface area contributed by atoms with E-state index in [0.29, 0.717) is 19.4 Å². The SMILES string of the molecule is O=C(NCCCCC[C@H](O)C(=O)OCc1ccccc1)OCc1ccccc1. The first-order chi connectivity index (χ1) is 13.6. The summed E-state index contributed by atoms with van der Waals surface area (Å²) in [5.74, 6) is -0.605. The van der Waals surface area contributed by atoms with Crippen LogP contribution in [-0.4, -0.2) is 29.8 Å². The topological polar surface area (TPSA) is 84.9 Å². The van der Waals surface area contributed by atoms with Crippen LogP contribution in [0.25, 0.3) is 0 Å². The van der Waals surface area contributed by atoms with Crippen LogP contribution < -0.4 is 5.32 Å². The van der Waals surface area contributed by atoms with Gasteiger partial charge in [-0.3, -0.25) is 0 Å². The molecule has 2 aromatic rings. The molecule has 6 nitrogen and oxygen atoms in total. The summed E-state index contributed by atoms with van der Waals surface area (Å²) in [4.78, 5) is 23.4. The van der Waals surface area contributed by atoms with Gasteiger partial charge in [-0.2, -0.15) is 0 Å².